The number of rotatable bonds is 1. The molecule has 7 heteroatoms. The first-order valence-corrected chi connectivity index (χ1v) is 9.38. The van der Waals surface area contributed by atoms with Crippen LogP contribution in [-0.4, -0.2) is 36.4 Å². The monoisotopic (exact) mass is 360 g/mol. The molecule has 0 amide bonds. The standard InChI is InChI=1S/C12H13BrN2O2S2/c1-7-4-8(2-3-9(7)13)15-10-5-19(16,17)6-11(10)18-12(15)14/h2-4,10-11,14H,5-6H2,1H3/t10-,11-/m1/s1. The Balaban J connectivity index is 1.99. The number of anilines is 1. The Morgan fingerprint density at radius 1 is 1.42 bits per heavy atom. The van der Waals surface area contributed by atoms with E-state index in [9.17, 15) is 8.42 Å². The van der Waals surface area contributed by atoms with Crippen LogP contribution >= 0.6 is 27.7 Å². The van der Waals surface area contributed by atoms with Crippen molar-refractivity contribution in [2.75, 3.05) is 16.4 Å². The number of aryl methyl sites for hydroxylation is 1. The van der Waals surface area contributed by atoms with Crippen LogP contribution in [0.2, 0.25) is 0 Å². The lowest BCUT2D eigenvalue weighted by molar-refractivity contribution is 0.601. The van der Waals surface area contributed by atoms with Crippen LogP contribution in [0.15, 0.2) is 22.7 Å². The van der Waals surface area contributed by atoms with Gasteiger partial charge in [0.05, 0.1) is 17.5 Å². The summed E-state index contributed by atoms with van der Waals surface area (Å²) in [6.45, 7) is 1.99. The third-order valence-electron chi connectivity index (χ3n) is 3.51. The maximum absolute atomic E-state index is 11.7. The van der Waals surface area contributed by atoms with Crippen molar-refractivity contribution in [2.45, 2.75) is 18.2 Å². The summed E-state index contributed by atoms with van der Waals surface area (Å²) in [7, 11) is -2.96. The average molecular weight is 361 g/mol. The van der Waals surface area contributed by atoms with Gasteiger partial charge in [-0.05, 0) is 30.7 Å². The molecule has 102 valence electrons. The first-order valence-electron chi connectivity index (χ1n) is 5.88. The van der Waals surface area contributed by atoms with E-state index in [4.69, 9.17) is 5.41 Å². The zero-order chi connectivity index (χ0) is 13.8. The Labute approximate surface area is 125 Å². The number of benzene rings is 1. The van der Waals surface area contributed by atoms with Gasteiger partial charge < -0.3 is 4.90 Å². The van der Waals surface area contributed by atoms with Gasteiger partial charge in [0, 0.05) is 15.4 Å². The first kappa shape index (κ1) is 13.5. The number of nitrogens with zero attached hydrogens (tertiary/aromatic N) is 1. The molecule has 19 heavy (non-hydrogen) atoms. The van der Waals surface area contributed by atoms with Gasteiger partial charge >= 0.3 is 0 Å². The van der Waals surface area contributed by atoms with E-state index < -0.39 is 9.84 Å². The van der Waals surface area contributed by atoms with E-state index in [-0.39, 0.29) is 22.8 Å². The fourth-order valence-corrected chi connectivity index (χ4v) is 6.63. The summed E-state index contributed by atoms with van der Waals surface area (Å²) in [6, 6.07) is 5.77. The third-order valence-corrected chi connectivity index (χ3v) is 7.53. The minimum Gasteiger partial charge on any atom is -0.316 e. The topological polar surface area (TPSA) is 61.2 Å². The van der Waals surface area contributed by atoms with Gasteiger partial charge in [0.25, 0.3) is 0 Å². The molecule has 0 aliphatic carbocycles. The van der Waals surface area contributed by atoms with Crippen molar-refractivity contribution < 1.29 is 8.42 Å². The van der Waals surface area contributed by atoms with Crippen LogP contribution in [0.4, 0.5) is 5.69 Å². The highest BCUT2D eigenvalue weighted by molar-refractivity contribution is 9.10. The van der Waals surface area contributed by atoms with Gasteiger partial charge in [-0.15, -0.1) is 0 Å². The molecule has 2 saturated heterocycles. The molecule has 4 nitrogen and oxygen atoms in total. The van der Waals surface area contributed by atoms with Crippen molar-refractivity contribution in [3.8, 4) is 0 Å². The molecule has 3 rings (SSSR count). The van der Waals surface area contributed by atoms with E-state index in [1.807, 2.05) is 30.0 Å². The Morgan fingerprint density at radius 3 is 2.84 bits per heavy atom. The van der Waals surface area contributed by atoms with Gasteiger partial charge in [0.2, 0.25) is 0 Å². The molecule has 2 heterocycles. The van der Waals surface area contributed by atoms with Crippen LogP contribution in [-0.2, 0) is 9.84 Å². The normalized spacial score (nSPS) is 28.7. The summed E-state index contributed by atoms with van der Waals surface area (Å²) in [5.74, 6) is 0.346. The Bertz CT molecular complexity index is 660. The van der Waals surface area contributed by atoms with Crippen LogP contribution < -0.4 is 4.90 Å². The van der Waals surface area contributed by atoms with E-state index in [0.717, 1.165) is 15.7 Å². The summed E-state index contributed by atoms with van der Waals surface area (Å²) < 4.78 is 24.5. The van der Waals surface area contributed by atoms with E-state index in [2.05, 4.69) is 15.9 Å². The average Bonchev–Trinajstić information content (AvgIpc) is 2.73. The van der Waals surface area contributed by atoms with Crippen LogP contribution in [0.5, 0.6) is 0 Å². The molecular weight excluding hydrogens is 348 g/mol. The number of hydrogen-bond acceptors (Lipinski definition) is 4. The van der Waals surface area contributed by atoms with Gasteiger partial charge in [-0.25, -0.2) is 8.42 Å². The molecule has 0 saturated carbocycles. The number of nitrogens with one attached hydrogen (secondary N) is 1. The predicted octanol–water partition coefficient (Wildman–Crippen LogP) is 2.41. The lowest BCUT2D eigenvalue weighted by Gasteiger charge is -2.24. The minimum atomic E-state index is -2.96. The second kappa shape index (κ2) is 4.49. The van der Waals surface area contributed by atoms with E-state index in [0.29, 0.717) is 5.17 Å². The van der Waals surface area contributed by atoms with Crippen LogP contribution in [0.25, 0.3) is 0 Å². The molecule has 0 aromatic heterocycles. The van der Waals surface area contributed by atoms with Gasteiger partial charge in [-0.3, -0.25) is 5.41 Å². The largest absolute Gasteiger partial charge is 0.316 e. The second-order valence-electron chi connectivity index (χ2n) is 4.91. The number of sulfone groups is 1. The van der Waals surface area contributed by atoms with Crippen LogP contribution in [0.3, 0.4) is 0 Å². The van der Waals surface area contributed by atoms with Gasteiger partial charge in [0.1, 0.15) is 0 Å². The fraction of sp³-hybridized carbons (Fsp3) is 0.417. The van der Waals surface area contributed by atoms with Crippen molar-refractivity contribution >= 4 is 48.4 Å². The highest BCUT2D eigenvalue weighted by Gasteiger charge is 2.48. The zero-order valence-corrected chi connectivity index (χ0v) is 13.5. The maximum Gasteiger partial charge on any atom is 0.161 e. The van der Waals surface area contributed by atoms with Crippen molar-refractivity contribution in [1.82, 2.24) is 0 Å². The van der Waals surface area contributed by atoms with Crippen LogP contribution in [0.1, 0.15) is 5.56 Å². The molecular formula is C12H13BrN2O2S2. The summed E-state index contributed by atoms with van der Waals surface area (Å²) >= 11 is 4.82. The number of hydrogen-bond donors (Lipinski definition) is 1. The molecule has 2 aliphatic rings. The molecule has 0 spiro atoms. The number of thioether (sulfide) groups is 1. The molecule has 1 aromatic rings. The fourth-order valence-electron chi connectivity index (χ4n) is 2.59. The number of fused-ring (bicyclic) bond motifs is 1. The van der Waals surface area contributed by atoms with Gasteiger partial charge in [0.15, 0.2) is 15.0 Å². The molecule has 0 radical (unpaired) electrons. The molecule has 0 bridgehead atoms. The maximum atomic E-state index is 11.7. The highest BCUT2D eigenvalue weighted by Crippen LogP contribution is 2.40. The number of halogens is 1. The summed E-state index contributed by atoms with van der Waals surface area (Å²) in [6.07, 6.45) is 0. The lowest BCUT2D eigenvalue weighted by atomic mass is 10.1. The van der Waals surface area contributed by atoms with Crippen molar-refractivity contribution in [1.29, 1.82) is 5.41 Å². The van der Waals surface area contributed by atoms with Crippen LogP contribution in [0, 0.1) is 12.3 Å². The molecule has 1 aromatic carbocycles. The molecule has 2 atom stereocenters. The molecule has 1 N–H and O–H groups in total. The van der Waals surface area contributed by atoms with Gasteiger partial charge in [-0.2, -0.15) is 0 Å². The molecule has 2 aliphatic heterocycles. The molecule has 2 fully saturated rings. The Morgan fingerprint density at radius 2 is 2.16 bits per heavy atom. The first-order chi connectivity index (χ1) is 8.87. The predicted molar refractivity (Wildman–Crippen MR) is 82.9 cm³/mol. The minimum absolute atomic E-state index is 0.00135. The quantitative estimate of drug-likeness (QED) is 0.835. The third kappa shape index (κ3) is 2.32. The zero-order valence-electron chi connectivity index (χ0n) is 10.3. The number of amidine groups is 1. The Hall–Kier alpha value is -0.530. The SMILES string of the molecule is Cc1cc(N2C(=N)S[C@@H]3CS(=O)(=O)C[C@H]32)ccc1Br. The summed E-state index contributed by atoms with van der Waals surface area (Å²) in [5.41, 5.74) is 1.99. The van der Waals surface area contributed by atoms with Gasteiger partial charge in [-0.1, -0.05) is 27.7 Å². The van der Waals surface area contributed by atoms with E-state index in [1.54, 1.807) is 0 Å². The molecule has 0 unspecified atom stereocenters. The lowest BCUT2D eigenvalue weighted by Crippen LogP contribution is -2.37. The smallest absolute Gasteiger partial charge is 0.161 e. The van der Waals surface area contributed by atoms with Crippen molar-refractivity contribution in [2.24, 2.45) is 0 Å². The van der Waals surface area contributed by atoms with E-state index >= 15 is 0 Å². The summed E-state index contributed by atoms with van der Waals surface area (Å²) in [4.78, 5) is 1.86. The second-order valence-corrected chi connectivity index (χ2v) is 9.15. The van der Waals surface area contributed by atoms with Crippen molar-refractivity contribution in [3.63, 3.8) is 0 Å². The van der Waals surface area contributed by atoms with E-state index in [1.165, 1.54) is 11.8 Å². The Kier molecular flexibility index (Phi) is 3.18. The summed E-state index contributed by atoms with van der Waals surface area (Å²) in [5, 5.41) is 8.53. The highest BCUT2D eigenvalue weighted by atomic mass is 79.9. The van der Waals surface area contributed by atoms with Crippen molar-refractivity contribution in [3.05, 3.63) is 28.2 Å².